The predicted molar refractivity (Wildman–Crippen MR) is 78.9 cm³/mol. The van der Waals surface area contributed by atoms with Gasteiger partial charge in [-0.3, -0.25) is 4.90 Å². The summed E-state index contributed by atoms with van der Waals surface area (Å²) in [6, 6.07) is 6.94. The van der Waals surface area contributed by atoms with Crippen LogP contribution in [0.1, 0.15) is 33.3 Å². The van der Waals surface area contributed by atoms with Crippen LogP contribution >= 0.6 is 11.6 Å². The topological polar surface area (TPSA) is 46.6 Å². The highest BCUT2D eigenvalue weighted by Crippen LogP contribution is 2.31. The van der Waals surface area contributed by atoms with Gasteiger partial charge in [0.25, 0.3) is 0 Å². The first-order valence-electron chi connectivity index (χ1n) is 6.30. The molecule has 5 heteroatoms. The van der Waals surface area contributed by atoms with E-state index in [-0.39, 0.29) is 0 Å². The van der Waals surface area contributed by atoms with Crippen LogP contribution in [0.3, 0.4) is 0 Å². The van der Waals surface area contributed by atoms with Crippen molar-refractivity contribution in [1.29, 1.82) is 0 Å². The average Bonchev–Trinajstić information content (AvgIpc) is 2.35. The second kappa shape index (κ2) is 5.83. The lowest BCUT2D eigenvalue weighted by Crippen LogP contribution is -2.48. The standard InChI is InChI=1S/C15H20ClNO3/c1-14(2,3)20-13(19)17(5)15(4,10-18)11-8-6-7-9-12(11)16/h6-10H,1-5H3. The van der Waals surface area contributed by atoms with Crippen molar-refractivity contribution in [2.75, 3.05) is 7.05 Å². The van der Waals surface area contributed by atoms with Gasteiger partial charge in [0, 0.05) is 17.6 Å². The summed E-state index contributed by atoms with van der Waals surface area (Å²) in [6.07, 6.45) is 0.116. The number of halogens is 1. The minimum absolute atomic E-state index is 0.428. The van der Waals surface area contributed by atoms with E-state index in [1.807, 2.05) is 0 Å². The molecule has 0 heterocycles. The molecule has 0 fully saturated rings. The lowest BCUT2D eigenvalue weighted by Gasteiger charge is -2.36. The van der Waals surface area contributed by atoms with Crippen molar-refractivity contribution in [2.24, 2.45) is 0 Å². The molecule has 0 aliphatic heterocycles. The Hall–Kier alpha value is -1.55. The van der Waals surface area contributed by atoms with Crippen LogP contribution in [0.2, 0.25) is 5.02 Å². The van der Waals surface area contributed by atoms with Crippen molar-refractivity contribution in [3.63, 3.8) is 0 Å². The number of nitrogens with zero attached hydrogens (tertiary/aromatic N) is 1. The van der Waals surface area contributed by atoms with E-state index in [0.717, 1.165) is 0 Å². The third-order valence-electron chi connectivity index (χ3n) is 3.01. The van der Waals surface area contributed by atoms with E-state index in [9.17, 15) is 9.59 Å². The van der Waals surface area contributed by atoms with E-state index < -0.39 is 17.2 Å². The van der Waals surface area contributed by atoms with Crippen LogP contribution in [0, 0.1) is 0 Å². The van der Waals surface area contributed by atoms with Gasteiger partial charge in [0.1, 0.15) is 17.4 Å². The summed E-state index contributed by atoms with van der Waals surface area (Å²) in [5.74, 6) is 0. The summed E-state index contributed by atoms with van der Waals surface area (Å²) in [6.45, 7) is 6.94. The average molecular weight is 298 g/mol. The van der Waals surface area contributed by atoms with E-state index in [1.165, 1.54) is 11.9 Å². The monoisotopic (exact) mass is 297 g/mol. The van der Waals surface area contributed by atoms with Gasteiger partial charge in [0.05, 0.1) is 0 Å². The van der Waals surface area contributed by atoms with Gasteiger partial charge in [-0.2, -0.15) is 0 Å². The fraction of sp³-hybridized carbons (Fsp3) is 0.467. The number of amides is 1. The lowest BCUT2D eigenvalue weighted by atomic mass is 9.92. The largest absolute Gasteiger partial charge is 0.444 e. The first-order chi connectivity index (χ1) is 9.12. The van der Waals surface area contributed by atoms with Gasteiger partial charge in [-0.1, -0.05) is 29.8 Å². The molecule has 0 saturated carbocycles. The smallest absolute Gasteiger partial charge is 0.411 e. The maximum Gasteiger partial charge on any atom is 0.411 e. The number of benzene rings is 1. The molecule has 1 amide bonds. The summed E-state index contributed by atoms with van der Waals surface area (Å²) >= 11 is 6.13. The Morgan fingerprint density at radius 3 is 2.25 bits per heavy atom. The number of carbonyl (C=O) groups excluding carboxylic acids is 2. The van der Waals surface area contributed by atoms with Crippen molar-refractivity contribution < 1.29 is 14.3 Å². The summed E-state index contributed by atoms with van der Waals surface area (Å²) in [4.78, 5) is 25.0. The molecule has 0 spiro atoms. The third kappa shape index (κ3) is 3.51. The fourth-order valence-electron chi connectivity index (χ4n) is 1.71. The molecular formula is C15H20ClNO3. The van der Waals surface area contributed by atoms with E-state index in [1.54, 1.807) is 52.0 Å². The molecule has 1 atom stereocenters. The van der Waals surface area contributed by atoms with Crippen molar-refractivity contribution in [1.82, 2.24) is 4.90 Å². The zero-order valence-electron chi connectivity index (χ0n) is 12.4. The molecule has 1 unspecified atom stereocenters. The normalized spacial score (nSPS) is 14.3. The summed E-state index contributed by atoms with van der Waals surface area (Å²) in [5.41, 5.74) is -1.25. The Balaban J connectivity index is 3.14. The second-order valence-corrected chi connectivity index (χ2v) is 6.19. The zero-order chi connectivity index (χ0) is 15.6. The fourth-order valence-corrected chi connectivity index (χ4v) is 2.04. The number of likely N-dealkylation sites (N-methyl/N-ethyl adjacent to an activating group) is 1. The number of rotatable bonds is 3. The molecular weight excluding hydrogens is 278 g/mol. The van der Waals surface area contributed by atoms with Crippen molar-refractivity contribution in [3.05, 3.63) is 34.9 Å². The zero-order valence-corrected chi connectivity index (χ0v) is 13.2. The molecule has 4 nitrogen and oxygen atoms in total. The summed E-state index contributed by atoms with van der Waals surface area (Å²) < 4.78 is 5.29. The second-order valence-electron chi connectivity index (χ2n) is 5.78. The Bertz CT molecular complexity index is 510. The first kappa shape index (κ1) is 16.5. The minimum Gasteiger partial charge on any atom is -0.444 e. The molecule has 1 aromatic rings. The molecule has 0 saturated heterocycles. The molecule has 0 N–H and O–H groups in total. The van der Waals surface area contributed by atoms with Crippen LogP contribution in [-0.4, -0.2) is 29.9 Å². The van der Waals surface area contributed by atoms with Crippen LogP contribution in [0.4, 0.5) is 4.79 Å². The van der Waals surface area contributed by atoms with E-state index >= 15 is 0 Å². The molecule has 0 aliphatic carbocycles. The summed E-state index contributed by atoms with van der Waals surface area (Å²) in [5, 5.41) is 0.428. The maximum atomic E-state index is 12.2. The van der Waals surface area contributed by atoms with Crippen LogP contribution < -0.4 is 0 Å². The molecule has 110 valence electrons. The maximum absolute atomic E-state index is 12.2. The molecule has 1 rings (SSSR count). The molecule has 20 heavy (non-hydrogen) atoms. The van der Waals surface area contributed by atoms with E-state index in [0.29, 0.717) is 16.9 Å². The molecule has 1 aromatic carbocycles. The van der Waals surface area contributed by atoms with Crippen molar-refractivity contribution in [2.45, 2.75) is 38.8 Å². The Kier molecular flexibility index (Phi) is 4.81. The highest BCUT2D eigenvalue weighted by molar-refractivity contribution is 6.31. The lowest BCUT2D eigenvalue weighted by molar-refractivity contribution is -0.117. The highest BCUT2D eigenvalue weighted by Gasteiger charge is 2.38. The van der Waals surface area contributed by atoms with Gasteiger partial charge >= 0.3 is 6.09 Å². The molecule has 0 aliphatic rings. The Morgan fingerprint density at radius 2 is 1.80 bits per heavy atom. The molecule has 0 aromatic heterocycles. The third-order valence-corrected chi connectivity index (χ3v) is 3.34. The van der Waals surface area contributed by atoms with Gasteiger partial charge in [0.15, 0.2) is 0 Å². The molecule has 0 radical (unpaired) electrons. The van der Waals surface area contributed by atoms with Crippen LogP contribution in [0.25, 0.3) is 0 Å². The Morgan fingerprint density at radius 1 is 1.25 bits per heavy atom. The number of aldehydes is 1. The predicted octanol–water partition coefficient (Wildman–Crippen LogP) is 3.62. The van der Waals surface area contributed by atoms with E-state index in [4.69, 9.17) is 16.3 Å². The van der Waals surface area contributed by atoms with Gasteiger partial charge in [-0.25, -0.2) is 4.79 Å². The van der Waals surface area contributed by atoms with Crippen LogP contribution in [0.15, 0.2) is 24.3 Å². The minimum atomic E-state index is -1.18. The number of ether oxygens (including phenoxy) is 1. The van der Waals surface area contributed by atoms with Crippen LogP contribution in [-0.2, 0) is 15.1 Å². The van der Waals surface area contributed by atoms with Gasteiger partial charge in [-0.15, -0.1) is 0 Å². The van der Waals surface area contributed by atoms with E-state index in [2.05, 4.69) is 0 Å². The van der Waals surface area contributed by atoms with Crippen molar-refractivity contribution in [3.8, 4) is 0 Å². The van der Waals surface area contributed by atoms with Gasteiger partial charge < -0.3 is 9.53 Å². The van der Waals surface area contributed by atoms with Crippen LogP contribution in [0.5, 0.6) is 0 Å². The number of carbonyl (C=O) groups is 2. The SMILES string of the molecule is CN(C(=O)OC(C)(C)C)C(C)(C=O)c1ccccc1Cl. The summed E-state index contributed by atoms with van der Waals surface area (Å²) in [7, 11) is 1.52. The number of hydrogen-bond acceptors (Lipinski definition) is 3. The van der Waals surface area contributed by atoms with Gasteiger partial charge in [0.2, 0.25) is 0 Å². The molecule has 0 bridgehead atoms. The van der Waals surface area contributed by atoms with Crippen molar-refractivity contribution >= 4 is 24.0 Å². The number of hydrogen-bond donors (Lipinski definition) is 0. The van der Waals surface area contributed by atoms with Gasteiger partial charge in [-0.05, 0) is 33.8 Å². The Labute approximate surface area is 124 Å². The highest BCUT2D eigenvalue weighted by atomic mass is 35.5. The first-order valence-corrected chi connectivity index (χ1v) is 6.68. The quantitative estimate of drug-likeness (QED) is 0.801.